The second kappa shape index (κ2) is 8.00. The number of carbonyl (C=O) groups excluding carboxylic acids is 2. The van der Waals surface area contributed by atoms with Crippen LogP contribution in [0.1, 0.15) is 24.8 Å². The van der Waals surface area contributed by atoms with Crippen LogP contribution >= 0.6 is 11.3 Å². The fraction of sp³-hybridized carbons (Fsp3) is 0.385. The summed E-state index contributed by atoms with van der Waals surface area (Å²) in [4.78, 5) is 23.5. The van der Waals surface area contributed by atoms with Gasteiger partial charge in [0.15, 0.2) is 5.82 Å². The Morgan fingerprint density at radius 1 is 1.30 bits per heavy atom. The molecule has 0 unspecified atom stereocenters. The van der Waals surface area contributed by atoms with Gasteiger partial charge in [0.2, 0.25) is 16.9 Å². The van der Waals surface area contributed by atoms with Gasteiger partial charge in [0, 0.05) is 25.1 Å². The van der Waals surface area contributed by atoms with E-state index in [0.717, 1.165) is 11.4 Å². The maximum Gasteiger partial charge on any atom is 0.226 e. The Kier molecular flexibility index (Phi) is 5.76. The minimum absolute atomic E-state index is 0.0242. The van der Waals surface area contributed by atoms with E-state index in [9.17, 15) is 9.59 Å². The quantitative estimate of drug-likeness (QED) is 0.783. The van der Waals surface area contributed by atoms with Crippen LogP contribution in [-0.2, 0) is 22.6 Å². The van der Waals surface area contributed by atoms with E-state index in [4.69, 9.17) is 5.26 Å². The fourth-order valence-corrected chi connectivity index (χ4v) is 2.35. The van der Waals surface area contributed by atoms with Gasteiger partial charge in [-0.15, -0.1) is 10.2 Å². The third kappa shape index (κ3) is 5.15. The van der Waals surface area contributed by atoms with Crippen molar-refractivity contribution in [2.75, 3.05) is 10.6 Å². The molecule has 9 nitrogen and oxygen atoms in total. The molecule has 0 aliphatic heterocycles. The van der Waals surface area contributed by atoms with Gasteiger partial charge in [0.05, 0.1) is 6.07 Å². The zero-order chi connectivity index (χ0) is 16.7. The van der Waals surface area contributed by atoms with Crippen LogP contribution in [0, 0.1) is 11.3 Å². The minimum atomic E-state index is -0.325. The van der Waals surface area contributed by atoms with Gasteiger partial charge in [0.1, 0.15) is 11.6 Å². The predicted molar refractivity (Wildman–Crippen MR) is 83.6 cm³/mol. The van der Waals surface area contributed by atoms with Crippen molar-refractivity contribution in [1.29, 1.82) is 5.26 Å². The Morgan fingerprint density at radius 3 is 2.70 bits per heavy atom. The van der Waals surface area contributed by atoms with Gasteiger partial charge in [0.25, 0.3) is 0 Å². The first kappa shape index (κ1) is 16.6. The molecule has 2 aromatic heterocycles. The third-order valence-electron chi connectivity index (χ3n) is 2.74. The van der Waals surface area contributed by atoms with Crippen molar-refractivity contribution in [2.24, 2.45) is 0 Å². The SMILES string of the molecule is CCc1nnc(NC(=O)CCC(=O)Nc2ccn(CC#N)n2)s1. The first-order valence-electron chi connectivity index (χ1n) is 6.93. The number of nitrogens with zero attached hydrogens (tertiary/aromatic N) is 5. The molecule has 120 valence electrons. The number of amides is 2. The number of nitriles is 1. The average molecular weight is 333 g/mol. The summed E-state index contributed by atoms with van der Waals surface area (Å²) in [6, 6.07) is 3.53. The van der Waals surface area contributed by atoms with Crippen LogP contribution in [0.5, 0.6) is 0 Å². The fourth-order valence-electron chi connectivity index (χ4n) is 1.65. The molecule has 0 fully saturated rings. The maximum atomic E-state index is 11.8. The predicted octanol–water partition coefficient (Wildman–Crippen LogP) is 1.18. The molecule has 0 atom stereocenters. The monoisotopic (exact) mass is 333 g/mol. The topological polar surface area (TPSA) is 126 Å². The molecule has 10 heteroatoms. The zero-order valence-electron chi connectivity index (χ0n) is 12.4. The summed E-state index contributed by atoms with van der Waals surface area (Å²) in [6.07, 6.45) is 2.41. The van der Waals surface area contributed by atoms with Gasteiger partial charge in [-0.25, -0.2) is 0 Å². The molecule has 0 aromatic carbocycles. The largest absolute Gasteiger partial charge is 0.309 e. The number of rotatable bonds is 7. The summed E-state index contributed by atoms with van der Waals surface area (Å²) in [7, 11) is 0. The maximum absolute atomic E-state index is 11.8. The molecule has 2 heterocycles. The number of hydrogen-bond acceptors (Lipinski definition) is 7. The van der Waals surface area contributed by atoms with Crippen LogP contribution in [-0.4, -0.2) is 31.8 Å². The van der Waals surface area contributed by atoms with E-state index < -0.39 is 0 Å². The number of aromatic nitrogens is 4. The van der Waals surface area contributed by atoms with Crippen molar-refractivity contribution in [3.05, 3.63) is 17.3 Å². The van der Waals surface area contributed by atoms with Crippen LogP contribution in [0.25, 0.3) is 0 Å². The first-order valence-corrected chi connectivity index (χ1v) is 7.75. The second-order valence-electron chi connectivity index (χ2n) is 4.51. The number of aryl methyl sites for hydroxylation is 1. The summed E-state index contributed by atoms with van der Waals surface area (Å²) >= 11 is 1.31. The molecule has 0 spiro atoms. The van der Waals surface area contributed by atoms with Gasteiger partial charge >= 0.3 is 0 Å². The van der Waals surface area contributed by atoms with E-state index >= 15 is 0 Å². The minimum Gasteiger partial charge on any atom is -0.309 e. The highest BCUT2D eigenvalue weighted by molar-refractivity contribution is 7.15. The van der Waals surface area contributed by atoms with Gasteiger partial charge in [-0.05, 0) is 6.42 Å². The summed E-state index contributed by atoms with van der Waals surface area (Å²) in [5, 5.41) is 26.7. The van der Waals surface area contributed by atoms with Crippen molar-refractivity contribution < 1.29 is 9.59 Å². The van der Waals surface area contributed by atoms with Gasteiger partial charge in [-0.3, -0.25) is 14.3 Å². The number of hydrogen-bond donors (Lipinski definition) is 2. The summed E-state index contributed by atoms with van der Waals surface area (Å²) in [5.41, 5.74) is 0. The molecule has 0 aliphatic carbocycles. The molecular weight excluding hydrogens is 318 g/mol. The zero-order valence-corrected chi connectivity index (χ0v) is 13.3. The summed E-state index contributed by atoms with van der Waals surface area (Å²) in [5.74, 6) is -0.273. The Labute approximate surface area is 136 Å². The van der Waals surface area contributed by atoms with Crippen LogP contribution in [0.4, 0.5) is 10.9 Å². The summed E-state index contributed by atoms with van der Waals surface area (Å²) in [6.45, 7) is 2.06. The molecule has 0 saturated heterocycles. The highest BCUT2D eigenvalue weighted by Gasteiger charge is 2.11. The van der Waals surface area contributed by atoms with Gasteiger partial charge < -0.3 is 10.6 Å². The molecule has 0 saturated carbocycles. The Morgan fingerprint density at radius 2 is 2.04 bits per heavy atom. The lowest BCUT2D eigenvalue weighted by Gasteiger charge is -2.02. The van der Waals surface area contributed by atoms with Crippen molar-refractivity contribution in [3.63, 3.8) is 0 Å². The van der Waals surface area contributed by atoms with Crippen LogP contribution in [0.3, 0.4) is 0 Å². The van der Waals surface area contributed by atoms with E-state index in [2.05, 4.69) is 25.9 Å². The number of nitrogens with one attached hydrogen (secondary N) is 2. The van der Waals surface area contributed by atoms with E-state index in [1.165, 1.54) is 16.0 Å². The molecule has 0 radical (unpaired) electrons. The third-order valence-corrected chi connectivity index (χ3v) is 3.72. The van der Waals surface area contributed by atoms with Crippen molar-refractivity contribution in [1.82, 2.24) is 20.0 Å². The highest BCUT2D eigenvalue weighted by atomic mass is 32.1. The first-order chi connectivity index (χ1) is 11.1. The normalized spacial score (nSPS) is 10.1. The molecule has 0 aliphatic rings. The lowest BCUT2D eigenvalue weighted by molar-refractivity contribution is -0.121. The number of anilines is 2. The summed E-state index contributed by atoms with van der Waals surface area (Å²) < 4.78 is 1.41. The molecule has 0 bridgehead atoms. The Hall–Kier alpha value is -2.80. The average Bonchev–Trinajstić information content (AvgIpc) is 3.15. The molecule has 23 heavy (non-hydrogen) atoms. The van der Waals surface area contributed by atoms with Gasteiger partial charge in [-0.1, -0.05) is 18.3 Å². The molecule has 2 aromatic rings. The smallest absolute Gasteiger partial charge is 0.226 e. The van der Waals surface area contributed by atoms with Crippen molar-refractivity contribution in [3.8, 4) is 6.07 Å². The van der Waals surface area contributed by atoms with Crippen LogP contribution in [0.15, 0.2) is 12.3 Å². The Bertz CT molecular complexity index is 731. The Balaban J connectivity index is 1.74. The van der Waals surface area contributed by atoms with Gasteiger partial charge in [-0.2, -0.15) is 10.4 Å². The number of carbonyl (C=O) groups is 2. The lowest BCUT2D eigenvalue weighted by atomic mass is 10.3. The standard InChI is InChI=1S/C13H15N7O2S/c1-2-12-17-18-13(23-12)16-11(22)4-3-10(21)15-9-5-7-20(19-9)8-6-14/h5,7H,2-4,8H2,1H3,(H,15,19,21)(H,16,18,22). The second-order valence-corrected chi connectivity index (χ2v) is 5.57. The van der Waals surface area contributed by atoms with E-state index in [0.29, 0.717) is 10.9 Å². The lowest BCUT2D eigenvalue weighted by Crippen LogP contribution is -2.17. The van der Waals surface area contributed by atoms with Crippen molar-refractivity contribution >= 4 is 34.1 Å². The van der Waals surface area contributed by atoms with E-state index in [-0.39, 0.29) is 31.2 Å². The highest BCUT2D eigenvalue weighted by Crippen LogP contribution is 2.15. The van der Waals surface area contributed by atoms with Crippen LogP contribution < -0.4 is 10.6 Å². The molecule has 2 N–H and O–H groups in total. The molecular formula is C13H15N7O2S. The van der Waals surface area contributed by atoms with E-state index in [1.54, 1.807) is 12.3 Å². The van der Waals surface area contributed by atoms with Crippen LogP contribution in [0.2, 0.25) is 0 Å². The molecule has 2 amide bonds. The molecule has 2 rings (SSSR count). The van der Waals surface area contributed by atoms with Crippen molar-refractivity contribution in [2.45, 2.75) is 32.7 Å². The van der Waals surface area contributed by atoms with E-state index in [1.807, 2.05) is 13.0 Å².